The van der Waals surface area contributed by atoms with Gasteiger partial charge in [-0.05, 0) is 36.6 Å². The molecule has 2 rings (SSSR count). The normalized spacial score (nSPS) is 10.6. The number of nitrogens with zero attached hydrogens (tertiary/aromatic N) is 1. The Kier molecular flexibility index (Phi) is 3.81. The highest BCUT2D eigenvalue weighted by molar-refractivity contribution is 5.33. The van der Waals surface area contributed by atoms with Gasteiger partial charge in [-0.15, -0.1) is 0 Å². The van der Waals surface area contributed by atoms with Gasteiger partial charge in [0, 0.05) is 18.1 Å². The molecule has 1 aromatic heterocycles. The maximum Gasteiger partial charge on any atom is 0.0449 e. The zero-order chi connectivity index (χ0) is 11.2. The third-order valence-electron chi connectivity index (χ3n) is 2.88. The second-order valence-corrected chi connectivity index (χ2v) is 4.22. The van der Waals surface area contributed by atoms with Crippen LogP contribution in [-0.4, -0.2) is 4.57 Å². The summed E-state index contributed by atoms with van der Waals surface area (Å²) < 4.78 is 2.20. The molecule has 0 fully saturated rings. The highest BCUT2D eigenvalue weighted by Crippen LogP contribution is 2.12. The van der Waals surface area contributed by atoms with Crippen molar-refractivity contribution in [3.05, 3.63) is 54.4 Å². The van der Waals surface area contributed by atoms with Gasteiger partial charge in [-0.25, -0.2) is 0 Å². The molecule has 0 aliphatic heterocycles. The second kappa shape index (κ2) is 5.55. The highest BCUT2D eigenvalue weighted by Gasteiger charge is 1.98. The molecule has 84 valence electrons. The van der Waals surface area contributed by atoms with Gasteiger partial charge in [-0.2, -0.15) is 0 Å². The van der Waals surface area contributed by atoms with Gasteiger partial charge in [0.25, 0.3) is 0 Å². The van der Waals surface area contributed by atoms with Crippen LogP contribution in [0.1, 0.15) is 31.7 Å². The van der Waals surface area contributed by atoms with Crippen molar-refractivity contribution in [3.8, 4) is 5.69 Å². The summed E-state index contributed by atoms with van der Waals surface area (Å²) in [4.78, 5) is 0. The van der Waals surface area contributed by atoms with E-state index in [1.165, 1.54) is 36.9 Å². The fraction of sp³-hybridized carbons (Fsp3) is 0.333. The van der Waals surface area contributed by atoms with E-state index in [-0.39, 0.29) is 0 Å². The van der Waals surface area contributed by atoms with Crippen LogP contribution in [0, 0.1) is 0 Å². The quantitative estimate of drug-likeness (QED) is 0.656. The van der Waals surface area contributed by atoms with E-state index >= 15 is 0 Å². The first kappa shape index (κ1) is 11.0. The average Bonchev–Trinajstić information content (AvgIpc) is 2.79. The Morgan fingerprint density at radius 1 is 1.00 bits per heavy atom. The number of rotatable bonds is 5. The molecular weight excluding hydrogens is 194 g/mol. The lowest BCUT2D eigenvalue weighted by Gasteiger charge is -2.01. The minimum absolute atomic E-state index is 1.20. The third kappa shape index (κ3) is 2.75. The fourth-order valence-corrected chi connectivity index (χ4v) is 1.93. The molecule has 0 saturated heterocycles. The maximum atomic E-state index is 2.25. The second-order valence-electron chi connectivity index (χ2n) is 4.22. The van der Waals surface area contributed by atoms with Crippen LogP contribution in [0.5, 0.6) is 0 Å². The summed E-state index contributed by atoms with van der Waals surface area (Å²) in [6, 6.07) is 12.7. The number of hydrogen-bond donors (Lipinski definition) is 0. The minimum atomic E-state index is 1.20. The number of aryl methyl sites for hydroxylation is 1. The van der Waals surface area contributed by atoms with Gasteiger partial charge >= 0.3 is 0 Å². The van der Waals surface area contributed by atoms with Crippen LogP contribution in [0.15, 0.2) is 48.8 Å². The predicted octanol–water partition coefficient (Wildman–Crippen LogP) is 4.21. The molecule has 0 aliphatic rings. The highest BCUT2D eigenvalue weighted by atomic mass is 14.9. The summed E-state index contributed by atoms with van der Waals surface area (Å²) >= 11 is 0. The lowest BCUT2D eigenvalue weighted by molar-refractivity contribution is 0.717. The van der Waals surface area contributed by atoms with Gasteiger partial charge in [-0.1, -0.05) is 38.0 Å². The topological polar surface area (TPSA) is 4.93 Å². The van der Waals surface area contributed by atoms with E-state index in [4.69, 9.17) is 0 Å². The van der Waals surface area contributed by atoms with Crippen molar-refractivity contribution in [2.75, 3.05) is 0 Å². The first-order valence-electron chi connectivity index (χ1n) is 6.12. The molecular formula is C15H19N. The van der Waals surface area contributed by atoms with Crippen LogP contribution in [-0.2, 0) is 6.42 Å². The standard InChI is InChI=1S/C15H19N/c1-2-3-5-8-14-11-12-16(13-14)15-9-6-4-7-10-15/h4,6-7,9-13H,2-3,5,8H2,1H3. The van der Waals surface area contributed by atoms with Gasteiger partial charge in [0.05, 0.1) is 0 Å². The number of benzene rings is 1. The minimum Gasteiger partial charge on any atom is -0.324 e. The van der Waals surface area contributed by atoms with Crippen molar-refractivity contribution in [1.82, 2.24) is 4.57 Å². The Bertz CT molecular complexity index is 414. The molecule has 0 saturated carbocycles. The van der Waals surface area contributed by atoms with Gasteiger partial charge < -0.3 is 4.57 Å². The zero-order valence-electron chi connectivity index (χ0n) is 9.89. The van der Waals surface area contributed by atoms with Crippen LogP contribution in [0.25, 0.3) is 5.69 Å². The average molecular weight is 213 g/mol. The summed E-state index contributed by atoms with van der Waals surface area (Å²) in [5, 5.41) is 0. The summed E-state index contributed by atoms with van der Waals surface area (Å²) in [5.74, 6) is 0. The molecule has 0 radical (unpaired) electrons. The lowest BCUT2D eigenvalue weighted by Crippen LogP contribution is -1.88. The molecule has 1 aromatic carbocycles. The Morgan fingerprint density at radius 3 is 2.56 bits per heavy atom. The van der Waals surface area contributed by atoms with Gasteiger partial charge in [0.15, 0.2) is 0 Å². The lowest BCUT2D eigenvalue weighted by atomic mass is 10.1. The van der Waals surface area contributed by atoms with Crippen LogP contribution < -0.4 is 0 Å². The molecule has 16 heavy (non-hydrogen) atoms. The van der Waals surface area contributed by atoms with Crippen molar-refractivity contribution in [3.63, 3.8) is 0 Å². The van der Waals surface area contributed by atoms with Crippen molar-refractivity contribution in [2.24, 2.45) is 0 Å². The summed E-state index contributed by atoms with van der Waals surface area (Å²) in [5.41, 5.74) is 2.68. The Hall–Kier alpha value is -1.50. The molecule has 2 aromatic rings. The van der Waals surface area contributed by atoms with E-state index < -0.39 is 0 Å². The Labute approximate surface area is 97.7 Å². The van der Waals surface area contributed by atoms with E-state index in [0.717, 1.165) is 0 Å². The van der Waals surface area contributed by atoms with Crippen molar-refractivity contribution < 1.29 is 0 Å². The van der Waals surface area contributed by atoms with Crippen LogP contribution in [0.2, 0.25) is 0 Å². The third-order valence-corrected chi connectivity index (χ3v) is 2.88. The van der Waals surface area contributed by atoms with E-state index in [9.17, 15) is 0 Å². The smallest absolute Gasteiger partial charge is 0.0449 e. The van der Waals surface area contributed by atoms with E-state index in [2.05, 4.69) is 60.3 Å². The van der Waals surface area contributed by atoms with E-state index in [1.54, 1.807) is 0 Å². The number of hydrogen-bond acceptors (Lipinski definition) is 0. The van der Waals surface area contributed by atoms with Gasteiger partial charge in [0.2, 0.25) is 0 Å². The number of aromatic nitrogens is 1. The maximum absolute atomic E-state index is 2.25. The number of unbranched alkanes of at least 4 members (excludes halogenated alkanes) is 2. The first-order chi connectivity index (χ1) is 7.90. The summed E-state index contributed by atoms with van der Waals surface area (Å²) in [6.45, 7) is 2.25. The Balaban J connectivity index is 2.02. The van der Waals surface area contributed by atoms with Crippen molar-refractivity contribution >= 4 is 0 Å². The molecule has 0 spiro atoms. The Morgan fingerprint density at radius 2 is 1.81 bits per heavy atom. The molecule has 1 heterocycles. The molecule has 0 amide bonds. The van der Waals surface area contributed by atoms with Crippen LogP contribution in [0.3, 0.4) is 0 Å². The molecule has 1 heteroatoms. The molecule has 0 bridgehead atoms. The zero-order valence-corrected chi connectivity index (χ0v) is 9.89. The largest absolute Gasteiger partial charge is 0.324 e. The SMILES string of the molecule is CCCCCc1ccn(-c2ccccc2)c1. The molecule has 0 N–H and O–H groups in total. The number of para-hydroxylation sites is 1. The van der Waals surface area contributed by atoms with E-state index in [1.807, 2.05) is 0 Å². The van der Waals surface area contributed by atoms with E-state index in [0.29, 0.717) is 0 Å². The molecule has 1 nitrogen and oxygen atoms in total. The summed E-state index contributed by atoms with van der Waals surface area (Å²) in [6.07, 6.45) is 9.51. The first-order valence-corrected chi connectivity index (χ1v) is 6.12. The monoisotopic (exact) mass is 213 g/mol. The molecule has 0 atom stereocenters. The molecule has 0 unspecified atom stereocenters. The van der Waals surface area contributed by atoms with Crippen LogP contribution >= 0.6 is 0 Å². The van der Waals surface area contributed by atoms with Crippen LogP contribution in [0.4, 0.5) is 0 Å². The van der Waals surface area contributed by atoms with Gasteiger partial charge in [-0.3, -0.25) is 0 Å². The van der Waals surface area contributed by atoms with Crippen molar-refractivity contribution in [2.45, 2.75) is 32.6 Å². The molecule has 0 aliphatic carbocycles. The van der Waals surface area contributed by atoms with Crippen molar-refractivity contribution in [1.29, 1.82) is 0 Å². The predicted molar refractivity (Wildman–Crippen MR) is 69.0 cm³/mol. The fourth-order valence-electron chi connectivity index (χ4n) is 1.93. The summed E-state index contributed by atoms with van der Waals surface area (Å²) in [7, 11) is 0. The van der Waals surface area contributed by atoms with Gasteiger partial charge in [0.1, 0.15) is 0 Å².